The zero-order chi connectivity index (χ0) is 13.2. The molecule has 0 radical (unpaired) electrons. The second kappa shape index (κ2) is 8.91. The Morgan fingerprint density at radius 2 is 2.22 bits per heavy atom. The van der Waals surface area contributed by atoms with Crippen LogP contribution < -0.4 is 5.32 Å². The predicted octanol–water partition coefficient (Wildman–Crippen LogP) is 0.932. The molecule has 0 saturated carbocycles. The van der Waals surface area contributed by atoms with Crippen molar-refractivity contribution < 1.29 is 14.3 Å². The molecule has 0 aromatic rings. The van der Waals surface area contributed by atoms with E-state index >= 15 is 0 Å². The van der Waals surface area contributed by atoms with E-state index in [1.165, 1.54) is 0 Å². The Kier molecular flexibility index (Phi) is 7.41. The summed E-state index contributed by atoms with van der Waals surface area (Å²) in [5.74, 6) is 0.0405. The first-order valence-electron chi connectivity index (χ1n) is 6.86. The smallest absolute Gasteiger partial charge is 0.239 e. The molecule has 1 fully saturated rings. The molecule has 2 amide bonds. The maximum Gasteiger partial charge on any atom is 0.239 e. The molecular formula is C13H24N2O3. The van der Waals surface area contributed by atoms with Crippen molar-refractivity contribution in [1.82, 2.24) is 10.2 Å². The van der Waals surface area contributed by atoms with Crippen molar-refractivity contribution in [3.63, 3.8) is 0 Å². The molecule has 1 rings (SSSR count). The lowest BCUT2D eigenvalue weighted by Gasteiger charge is -2.19. The number of carbonyl (C=O) groups is 2. The highest BCUT2D eigenvalue weighted by Crippen LogP contribution is 2.10. The van der Waals surface area contributed by atoms with Crippen LogP contribution in [0.3, 0.4) is 0 Å². The first-order chi connectivity index (χ1) is 8.74. The Balaban J connectivity index is 2.16. The molecule has 5 nitrogen and oxygen atoms in total. The van der Waals surface area contributed by atoms with E-state index in [2.05, 4.69) is 5.32 Å². The van der Waals surface area contributed by atoms with Crippen molar-refractivity contribution in [2.24, 2.45) is 0 Å². The molecule has 18 heavy (non-hydrogen) atoms. The quantitative estimate of drug-likeness (QED) is 0.689. The van der Waals surface area contributed by atoms with Crippen LogP contribution in [0.4, 0.5) is 0 Å². The largest absolute Gasteiger partial charge is 0.382 e. The van der Waals surface area contributed by atoms with Gasteiger partial charge in [-0.1, -0.05) is 6.42 Å². The fraction of sp³-hybridized carbons (Fsp3) is 0.846. The minimum absolute atomic E-state index is 0.0678. The van der Waals surface area contributed by atoms with Gasteiger partial charge in [0.2, 0.25) is 11.8 Å². The molecule has 0 aliphatic carbocycles. The summed E-state index contributed by atoms with van der Waals surface area (Å²) in [4.78, 5) is 25.0. The molecule has 0 spiro atoms. The Hall–Kier alpha value is -1.10. The lowest BCUT2D eigenvalue weighted by molar-refractivity contribution is -0.135. The lowest BCUT2D eigenvalue weighted by atomic mass is 10.2. The molecule has 0 atom stereocenters. The number of rotatable bonds is 7. The normalized spacial score (nSPS) is 16.5. The van der Waals surface area contributed by atoms with Gasteiger partial charge in [-0.25, -0.2) is 0 Å². The fourth-order valence-corrected chi connectivity index (χ4v) is 1.98. The van der Waals surface area contributed by atoms with E-state index in [0.717, 1.165) is 25.7 Å². The van der Waals surface area contributed by atoms with Crippen molar-refractivity contribution in [3.8, 4) is 0 Å². The number of hydrogen-bond donors (Lipinski definition) is 1. The zero-order valence-corrected chi connectivity index (χ0v) is 11.2. The van der Waals surface area contributed by atoms with Crippen LogP contribution in [0, 0.1) is 0 Å². The van der Waals surface area contributed by atoms with Gasteiger partial charge in [-0.3, -0.25) is 9.59 Å². The summed E-state index contributed by atoms with van der Waals surface area (Å²) in [6.07, 6.45) is 4.43. The Bertz CT molecular complexity index is 269. The third kappa shape index (κ3) is 6.00. The van der Waals surface area contributed by atoms with E-state index in [1.54, 1.807) is 4.90 Å². The number of nitrogens with one attached hydrogen (secondary N) is 1. The van der Waals surface area contributed by atoms with Crippen LogP contribution >= 0.6 is 0 Å². The number of amides is 2. The summed E-state index contributed by atoms with van der Waals surface area (Å²) in [6.45, 7) is 4.85. The van der Waals surface area contributed by atoms with Gasteiger partial charge in [0.1, 0.15) is 0 Å². The summed E-state index contributed by atoms with van der Waals surface area (Å²) in [5.41, 5.74) is 0. The van der Waals surface area contributed by atoms with Gasteiger partial charge in [0.05, 0.1) is 6.54 Å². The van der Waals surface area contributed by atoms with Crippen molar-refractivity contribution in [2.75, 3.05) is 32.8 Å². The second-order valence-electron chi connectivity index (χ2n) is 4.53. The maximum absolute atomic E-state index is 11.7. The summed E-state index contributed by atoms with van der Waals surface area (Å²) in [5, 5.41) is 2.82. The SMILES string of the molecule is CCOCCCNC(=O)CN1CCCCCC1=O. The summed E-state index contributed by atoms with van der Waals surface area (Å²) in [7, 11) is 0. The lowest BCUT2D eigenvalue weighted by Crippen LogP contribution is -2.40. The average molecular weight is 256 g/mol. The van der Waals surface area contributed by atoms with Gasteiger partial charge < -0.3 is 15.0 Å². The van der Waals surface area contributed by atoms with E-state index in [9.17, 15) is 9.59 Å². The van der Waals surface area contributed by atoms with Crippen molar-refractivity contribution in [3.05, 3.63) is 0 Å². The predicted molar refractivity (Wildman–Crippen MR) is 69.2 cm³/mol. The fourth-order valence-electron chi connectivity index (χ4n) is 1.98. The van der Waals surface area contributed by atoms with E-state index in [4.69, 9.17) is 4.74 Å². The molecule has 1 saturated heterocycles. The van der Waals surface area contributed by atoms with E-state index in [0.29, 0.717) is 32.7 Å². The van der Waals surface area contributed by atoms with E-state index in [-0.39, 0.29) is 18.4 Å². The van der Waals surface area contributed by atoms with Crippen LogP contribution in [0.25, 0.3) is 0 Å². The molecule has 1 aliphatic rings. The van der Waals surface area contributed by atoms with Gasteiger partial charge in [-0.2, -0.15) is 0 Å². The topological polar surface area (TPSA) is 58.6 Å². The van der Waals surface area contributed by atoms with Gasteiger partial charge in [0.15, 0.2) is 0 Å². The van der Waals surface area contributed by atoms with Crippen LogP contribution in [0.2, 0.25) is 0 Å². The average Bonchev–Trinajstić information content (AvgIpc) is 2.55. The minimum Gasteiger partial charge on any atom is -0.382 e. The first kappa shape index (κ1) is 15.0. The summed E-state index contributed by atoms with van der Waals surface area (Å²) in [6, 6.07) is 0. The number of carbonyl (C=O) groups excluding carboxylic acids is 2. The van der Waals surface area contributed by atoms with Crippen molar-refractivity contribution >= 4 is 11.8 Å². The third-order valence-corrected chi connectivity index (χ3v) is 3.00. The van der Waals surface area contributed by atoms with Gasteiger partial charge in [0, 0.05) is 32.7 Å². The highest BCUT2D eigenvalue weighted by molar-refractivity contribution is 5.84. The molecule has 5 heteroatoms. The summed E-state index contributed by atoms with van der Waals surface area (Å²) < 4.78 is 5.18. The standard InChI is InChI=1S/C13H24N2O3/c1-2-18-10-6-8-14-12(16)11-15-9-5-3-4-7-13(15)17/h2-11H2,1H3,(H,14,16). The second-order valence-corrected chi connectivity index (χ2v) is 4.53. The molecule has 0 bridgehead atoms. The van der Waals surface area contributed by atoms with Crippen molar-refractivity contribution in [1.29, 1.82) is 0 Å². The molecule has 0 unspecified atom stereocenters. The van der Waals surface area contributed by atoms with Gasteiger partial charge >= 0.3 is 0 Å². The van der Waals surface area contributed by atoms with Gasteiger partial charge in [0.25, 0.3) is 0 Å². The Morgan fingerprint density at radius 1 is 1.39 bits per heavy atom. The van der Waals surface area contributed by atoms with E-state index < -0.39 is 0 Å². The zero-order valence-electron chi connectivity index (χ0n) is 11.2. The third-order valence-electron chi connectivity index (χ3n) is 3.00. The molecule has 0 aromatic heterocycles. The highest BCUT2D eigenvalue weighted by atomic mass is 16.5. The van der Waals surface area contributed by atoms with Gasteiger partial charge in [-0.05, 0) is 26.2 Å². The Morgan fingerprint density at radius 3 is 3.00 bits per heavy atom. The molecule has 0 aromatic carbocycles. The summed E-state index contributed by atoms with van der Waals surface area (Å²) >= 11 is 0. The Labute approximate surface area is 109 Å². The highest BCUT2D eigenvalue weighted by Gasteiger charge is 2.18. The van der Waals surface area contributed by atoms with Crippen molar-refractivity contribution in [2.45, 2.75) is 39.0 Å². The molecule has 1 aliphatic heterocycles. The number of likely N-dealkylation sites (tertiary alicyclic amines) is 1. The maximum atomic E-state index is 11.7. The molecule has 104 valence electrons. The van der Waals surface area contributed by atoms with E-state index in [1.807, 2.05) is 6.92 Å². The van der Waals surface area contributed by atoms with Crippen LogP contribution in [-0.4, -0.2) is 49.6 Å². The molecule has 1 heterocycles. The van der Waals surface area contributed by atoms with Crippen LogP contribution in [0.1, 0.15) is 39.0 Å². The van der Waals surface area contributed by atoms with Crippen LogP contribution in [0.15, 0.2) is 0 Å². The number of hydrogen-bond acceptors (Lipinski definition) is 3. The first-order valence-corrected chi connectivity index (χ1v) is 6.86. The monoisotopic (exact) mass is 256 g/mol. The van der Waals surface area contributed by atoms with Crippen LogP contribution in [0.5, 0.6) is 0 Å². The van der Waals surface area contributed by atoms with Crippen LogP contribution in [-0.2, 0) is 14.3 Å². The van der Waals surface area contributed by atoms with Gasteiger partial charge in [-0.15, -0.1) is 0 Å². The number of nitrogens with zero attached hydrogens (tertiary/aromatic N) is 1. The number of ether oxygens (including phenoxy) is 1. The molecule has 1 N–H and O–H groups in total. The minimum atomic E-state index is -0.0678. The molecular weight excluding hydrogens is 232 g/mol.